The molecule has 1 aromatic heterocycles. The molecule has 8 heteroatoms. The highest BCUT2D eigenvalue weighted by Gasteiger charge is 2.23. The zero-order valence-corrected chi connectivity index (χ0v) is 13.9. The van der Waals surface area contributed by atoms with E-state index in [0.717, 1.165) is 19.3 Å². The normalized spacial score (nSPS) is 15.7. The Morgan fingerprint density at radius 3 is 2.67 bits per heavy atom. The smallest absolute Gasteiger partial charge is 0.321 e. The van der Waals surface area contributed by atoms with E-state index in [0.29, 0.717) is 25.3 Å². The van der Waals surface area contributed by atoms with Gasteiger partial charge in [-0.25, -0.2) is 4.79 Å². The van der Waals surface area contributed by atoms with Crippen molar-refractivity contribution in [1.82, 2.24) is 25.8 Å². The molecule has 0 radical (unpaired) electrons. The largest absolute Gasteiger partial charge is 0.357 e. The number of urea groups is 1. The first-order valence-electron chi connectivity index (χ1n) is 8.32. The van der Waals surface area contributed by atoms with E-state index in [4.69, 9.17) is 0 Å². The van der Waals surface area contributed by atoms with Crippen molar-refractivity contribution in [3.63, 3.8) is 0 Å². The van der Waals surface area contributed by atoms with Gasteiger partial charge in [0, 0.05) is 31.9 Å². The fourth-order valence-corrected chi connectivity index (χ4v) is 2.62. The minimum atomic E-state index is -0.449. The van der Waals surface area contributed by atoms with Gasteiger partial charge in [0.2, 0.25) is 5.91 Å². The summed E-state index contributed by atoms with van der Waals surface area (Å²) >= 11 is 0. The summed E-state index contributed by atoms with van der Waals surface area (Å²) < 4.78 is 0. The van der Waals surface area contributed by atoms with E-state index >= 15 is 0 Å². The fourth-order valence-electron chi connectivity index (χ4n) is 2.62. The van der Waals surface area contributed by atoms with Crippen molar-refractivity contribution in [1.29, 1.82) is 0 Å². The van der Waals surface area contributed by atoms with Crippen molar-refractivity contribution in [3.05, 3.63) is 24.0 Å². The average Bonchev–Trinajstić information content (AvgIpc) is 3.09. The van der Waals surface area contributed by atoms with Gasteiger partial charge in [0.25, 0.3) is 5.91 Å². The van der Waals surface area contributed by atoms with Gasteiger partial charge in [-0.1, -0.05) is 6.92 Å². The lowest BCUT2D eigenvalue weighted by atomic mass is 10.0. The first kappa shape index (κ1) is 18.0. The Hall–Kier alpha value is -2.35. The number of nitrogens with zero attached hydrogens (tertiary/aromatic N) is 1. The van der Waals surface area contributed by atoms with Gasteiger partial charge < -0.3 is 15.6 Å². The van der Waals surface area contributed by atoms with Crippen LogP contribution in [0.2, 0.25) is 0 Å². The lowest BCUT2D eigenvalue weighted by Crippen LogP contribution is -2.49. The van der Waals surface area contributed by atoms with Crippen LogP contribution in [0.4, 0.5) is 4.79 Å². The fraction of sp³-hybridized carbons (Fsp3) is 0.562. The molecule has 0 spiro atoms. The highest BCUT2D eigenvalue weighted by molar-refractivity contribution is 5.95. The Balaban J connectivity index is 1.66. The molecule has 0 aliphatic carbocycles. The maximum atomic E-state index is 12.0. The molecule has 0 atom stereocenters. The summed E-state index contributed by atoms with van der Waals surface area (Å²) in [4.78, 5) is 40.1. The van der Waals surface area contributed by atoms with Crippen LogP contribution in [0.3, 0.4) is 0 Å². The molecule has 0 aromatic carbocycles. The molecule has 0 bridgehead atoms. The van der Waals surface area contributed by atoms with Gasteiger partial charge in [0.15, 0.2) is 0 Å². The number of H-pyrrole nitrogens is 1. The van der Waals surface area contributed by atoms with Gasteiger partial charge in [0.1, 0.15) is 5.69 Å². The number of carbonyl (C=O) groups is 3. The quantitative estimate of drug-likeness (QED) is 0.605. The van der Waals surface area contributed by atoms with Crippen molar-refractivity contribution in [2.75, 3.05) is 26.2 Å². The topological polar surface area (TPSA) is 106 Å². The Morgan fingerprint density at radius 1 is 1.29 bits per heavy atom. The van der Waals surface area contributed by atoms with E-state index in [-0.39, 0.29) is 24.4 Å². The van der Waals surface area contributed by atoms with Gasteiger partial charge >= 0.3 is 6.03 Å². The van der Waals surface area contributed by atoms with E-state index in [1.807, 2.05) is 11.8 Å². The molecule has 1 aromatic rings. The van der Waals surface area contributed by atoms with E-state index in [1.165, 1.54) is 0 Å². The van der Waals surface area contributed by atoms with Crippen LogP contribution in [0.1, 0.15) is 36.7 Å². The molecule has 1 aliphatic rings. The van der Waals surface area contributed by atoms with Crippen molar-refractivity contribution < 1.29 is 14.4 Å². The van der Waals surface area contributed by atoms with Crippen LogP contribution in [-0.4, -0.2) is 60.0 Å². The molecule has 132 valence electrons. The maximum Gasteiger partial charge on any atom is 0.321 e. The third-order valence-corrected chi connectivity index (χ3v) is 3.92. The number of aromatic amines is 1. The van der Waals surface area contributed by atoms with Crippen LogP contribution in [0.25, 0.3) is 0 Å². The summed E-state index contributed by atoms with van der Waals surface area (Å²) in [6.45, 7) is 4.10. The number of hydrogen-bond acceptors (Lipinski definition) is 4. The summed E-state index contributed by atoms with van der Waals surface area (Å²) in [5.41, 5.74) is 0.551. The third-order valence-electron chi connectivity index (χ3n) is 3.92. The molecule has 8 nitrogen and oxygen atoms in total. The molecule has 0 saturated carbocycles. The van der Waals surface area contributed by atoms with Crippen molar-refractivity contribution in [3.8, 4) is 0 Å². The van der Waals surface area contributed by atoms with Crippen LogP contribution < -0.4 is 16.0 Å². The van der Waals surface area contributed by atoms with Crippen LogP contribution in [0.15, 0.2) is 18.3 Å². The first-order chi connectivity index (χ1) is 11.6. The Kier molecular flexibility index (Phi) is 6.80. The molecular weight excluding hydrogens is 310 g/mol. The van der Waals surface area contributed by atoms with Crippen LogP contribution in [0, 0.1) is 0 Å². The van der Waals surface area contributed by atoms with E-state index in [9.17, 15) is 14.4 Å². The van der Waals surface area contributed by atoms with Gasteiger partial charge in [-0.3, -0.25) is 19.8 Å². The molecule has 1 fully saturated rings. The SMILES string of the molecule is CCCNC(=O)NC(=O)CN1CCC(NC(=O)c2ccc[nH]2)CC1. The predicted octanol–water partition coefficient (Wildman–Crippen LogP) is 0.445. The van der Waals surface area contributed by atoms with Gasteiger partial charge in [-0.15, -0.1) is 0 Å². The van der Waals surface area contributed by atoms with Crippen LogP contribution >= 0.6 is 0 Å². The molecule has 1 aliphatic heterocycles. The highest BCUT2D eigenvalue weighted by Crippen LogP contribution is 2.10. The lowest BCUT2D eigenvalue weighted by Gasteiger charge is -2.31. The average molecular weight is 335 g/mol. The summed E-state index contributed by atoms with van der Waals surface area (Å²) in [6, 6.07) is 3.17. The molecule has 4 amide bonds. The zero-order valence-electron chi connectivity index (χ0n) is 13.9. The second-order valence-corrected chi connectivity index (χ2v) is 5.91. The first-order valence-corrected chi connectivity index (χ1v) is 8.32. The second-order valence-electron chi connectivity index (χ2n) is 5.91. The summed E-state index contributed by atoms with van der Waals surface area (Å²) in [6.07, 6.45) is 4.10. The second kappa shape index (κ2) is 9.07. The number of rotatable bonds is 6. The Labute approximate surface area is 141 Å². The summed E-state index contributed by atoms with van der Waals surface area (Å²) in [5, 5.41) is 7.91. The van der Waals surface area contributed by atoms with E-state index in [2.05, 4.69) is 20.9 Å². The minimum absolute atomic E-state index is 0.105. The monoisotopic (exact) mass is 335 g/mol. The zero-order chi connectivity index (χ0) is 17.4. The predicted molar refractivity (Wildman–Crippen MR) is 89.6 cm³/mol. The number of piperidine rings is 1. The number of likely N-dealkylation sites (tertiary alicyclic amines) is 1. The summed E-state index contributed by atoms with van der Waals surface area (Å²) in [5.74, 6) is -0.415. The molecule has 4 N–H and O–H groups in total. The maximum absolute atomic E-state index is 12.0. The number of imide groups is 1. The number of aromatic nitrogens is 1. The Bertz CT molecular complexity index is 550. The lowest BCUT2D eigenvalue weighted by molar-refractivity contribution is -0.121. The molecule has 2 heterocycles. The van der Waals surface area contributed by atoms with Crippen molar-refractivity contribution in [2.24, 2.45) is 0 Å². The van der Waals surface area contributed by atoms with Gasteiger partial charge in [-0.05, 0) is 31.4 Å². The molecule has 0 unspecified atom stereocenters. The molecule has 1 saturated heterocycles. The molecule has 2 rings (SSSR count). The van der Waals surface area contributed by atoms with Crippen molar-refractivity contribution in [2.45, 2.75) is 32.2 Å². The van der Waals surface area contributed by atoms with Gasteiger partial charge in [0.05, 0.1) is 6.54 Å². The Morgan fingerprint density at radius 2 is 2.04 bits per heavy atom. The van der Waals surface area contributed by atoms with Crippen molar-refractivity contribution >= 4 is 17.8 Å². The summed E-state index contributed by atoms with van der Waals surface area (Å²) in [7, 11) is 0. The standard InChI is InChI=1S/C16H25N5O3/c1-2-7-18-16(24)20-14(22)11-21-9-5-12(6-10-21)19-15(23)13-4-3-8-17-13/h3-4,8,12,17H,2,5-7,9-11H2,1H3,(H,19,23)(H2,18,20,22,24). The highest BCUT2D eigenvalue weighted by atomic mass is 16.2. The molecular formula is C16H25N5O3. The van der Waals surface area contributed by atoms with Crippen LogP contribution in [0.5, 0.6) is 0 Å². The van der Waals surface area contributed by atoms with E-state index in [1.54, 1.807) is 18.3 Å². The van der Waals surface area contributed by atoms with E-state index < -0.39 is 6.03 Å². The third kappa shape index (κ3) is 5.69. The number of hydrogen-bond donors (Lipinski definition) is 4. The number of carbonyl (C=O) groups excluding carboxylic acids is 3. The molecule has 24 heavy (non-hydrogen) atoms. The van der Waals surface area contributed by atoms with Gasteiger partial charge in [-0.2, -0.15) is 0 Å². The minimum Gasteiger partial charge on any atom is -0.357 e. The number of nitrogens with one attached hydrogen (secondary N) is 4. The number of amides is 4. The van der Waals surface area contributed by atoms with Crippen LogP contribution in [-0.2, 0) is 4.79 Å².